The van der Waals surface area contributed by atoms with Crippen molar-refractivity contribution in [2.75, 3.05) is 6.54 Å². The number of rotatable bonds is 5. The summed E-state index contributed by atoms with van der Waals surface area (Å²) >= 11 is 0. The van der Waals surface area contributed by atoms with Crippen LogP contribution < -0.4 is 5.32 Å². The van der Waals surface area contributed by atoms with Crippen LogP contribution in [0.1, 0.15) is 41.7 Å². The van der Waals surface area contributed by atoms with Crippen molar-refractivity contribution in [1.29, 1.82) is 0 Å². The number of carbonyl (C=O) groups is 1. The predicted molar refractivity (Wildman–Crippen MR) is 73.3 cm³/mol. The second kappa shape index (κ2) is 5.50. The van der Waals surface area contributed by atoms with Gasteiger partial charge >= 0.3 is 0 Å². The zero-order chi connectivity index (χ0) is 14.8. The minimum atomic E-state index is -1.25. The van der Waals surface area contributed by atoms with Crippen molar-refractivity contribution in [2.24, 2.45) is 0 Å². The highest BCUT2D eigenvalue weighted by molar-refractivity contribution is 5.92. The van der Waals surface area contributed by atoms with Gasteiger partial charge in [0.2, 0.25) is 0 Å². The fourth-order valence-corrected chi connectivity index (χ4v) is 1.82. The maximum Gasteiger partial charge on any atom is 0.269 e. The lowest BCUT2D eigenvalue weighted by molar-refractivity contribution is 0.0322. The summed E-state index contributed by atoms with van der Waals surface area (Å²) in [5, 5.41) is 13.0. The summed E-state index contributed by atoms with van der Waals surface area (Å²) in [6, 6.07) is 3.47. The molecule has 0 spiro atoms. The lowest BCUT2D eigenvalue weighted by Crippen LogP contribution is -2.38. The van der Waals surface area contributed by atoms with Crippen LogP contribution in [0.2, 0.25) is 0 Å². The van der Waals surface area contributed by atoms with Crippen molar-refractivity contribution in [3.05, 3.63) is 41.4 Å². The van der Waals surface area contributed by atoms with Gasteiger partial charge in [-0.1, -0.05) is 6.92 Å². The number of H-pyrrole nitrogens is 1. The Hall–Kier alpha value is -2.08. The summed E-state index contributed by atoms with van der Waals surface area (Å²) in [5.41, 5.74) is -0.870. The van der Waals surface area contributed by atoms with Crippen LogP contribution >= 0.6 is 0 Å². The van der Waals surface area contributed by atoms with E-state index in [1.165, 1.54) is 6.20 Å². The minimum Gasteiger partial charge on any atom is -0.463 e. The maximum absolute atomic E-state index is 11.9. The summed E-state index contributed by atoms with van der Waals surface area (Å²) in [7, 11) is 0. The summed E-state index contributed by atoms with van der Waals surface area (Å²) in [5.74, 6) is 1.59. The Balaban J connectivity index is 1.98. The summed E-state index contributed by atoms with van der Waals surface area (Å²) in [6.45, 7) is 5.40. The second-order valence-electron chi connectivity index (χ2n) is 4.96. The van der Waals surface area contributed by atoms with Crippen LogP contribution in [0.4, 0.5) is 0 Å². The van der Waals surface area contributed by atoms with Crippen LogP contribution in [-0.4, -0.2) is 27.5 Å². The van der Waals surface area contributed by atoms with Crippen molar-refractivity contribution in [3.8, 4) is 0 Å². The third-order valence-electron chi connectivity index (χ3n) is 3.07. The van der Waals surface area contributed by atoms with Crippen LogP contribution in [-0.2, 0) is 12.0 Å². The van der Waals surface area contributed by atoms with Crippen molar-refractivity contribution < 1.29 is 14.3 Å². The van der Waals surface area contributed by atoms with Crippen LogP contribution in [0, 0.1) is 6.92 Å². The van der Waals surface area contributed by atoms with Crippen molar-refractivity contribution in [2.45, 2.75) is 32.8 Å². The zero-order valence-electron chi connectivity index (χ0n) is 11.9. The summed E-state index contributed by atoms with van der Waals surface area (Å²) in [4.78, 5) is 18.9. The third kappa shape index (κ3) is 3.08. The van der Waals surface area contributed by atoms with E-state index in [4.69, 9.17) is 4.42 Å². The molecule has 2 aromatic rings. The number of nitrogens with one attached hydrogen (secondary N) is 2. The summed E-state index contributed by atoms with van der Waals surface area (Å²) in [6.07, 6.45) is 2.22. The van der Waals surface area contributed by atoms with Crippen molar-refractivity contribution in [1.82, 2.24) is 15.3 Å². The van der Waals surface area contributed by atoms with E-state index in [9.17, 15) is 9.90 Å². The largest absolute Gasteiger partial charge is 0.463 e. The number of imidazole rings is 1. The molecule has 0 saturated carbocycles. The Morgan fingerprint density at radius 2 is 2.30 bits per heavy atom. The van der Waals surface area contributed by atoms with E-state index in [1.807, 2.05) is 6.92 Å². The quantitative estimate of drug-likeness (QED) is 0.772. The number of amides is 1. The SMILES string of the molecule is CCc1ncc(C(=O)NCC(C)(O)c2ccc(C)o2)[nH]1. The number of hydrogen-bond donors (Lipinski definition) is 3. The molecule has 3 N–H and O–H groups in total. The second-order valence-corrected chi connectivity index (χ2v) is 4.96. The van der Waals surface area contributed by atoms with Gasteiger partial charge in [0.05, 0.1) is 12.7 Å². The molecule has 6 heteroatoms. The molecule has 1 unspecified atom stereocenters. The van der Waals surface area contributed by atoms with Gasteiger partial charge in [-0.25, -0.2) is 4.98 Å². The molecule has 0 aliphatic heterocycles. The van der Waals surface area contributed by atoms with Crippen molar-refractivity contribution >= 4 is 5.91 Å². The molecule has 0 aliphatic carbocycles. The number of nitrogens with zero attached hydrogens (tertiary/aromatic N) is 1. The number of aryl methyl sites for hydroxylation is 2. The van der Waals surface area contributed by atoms with E-state index in [0.29, 0.717) is 17.2 Å². The van der Waals surface area contributed by atoms with E-state index in [2.05, 4.69) is 15.3 Å². The van der Waals surface area contributed by atoms with Gasteiger partial charge in [-0.3, -0.25) is 4.79 Å². The summed E-state index contributed by atoms with van der Waals surface area (Å²) < 4.78 is 5.39. The first kappa shape index (κ1) is 14.3. The molecule has 108 valence electrons. The number of aromatic nitrogens is 2. The van der Waals surface area contributed by atoms with Crippen LogP contribution in [0.3, 0.4) is 0 Å². The molecule has 1 atom stereocenters. The number of aromatic amines is 1. The van der Waals surface area contributed by atoms with Crippen molar-refractivity contribution in [3.63, 3.8) is 0 Å². The zero-order valence-corrected chi connectivity index (χ0v) is 11.9. The molecule has 20 heavy (non-hydrogen) atoms. The Morgan fingerprint density at radius 1 is 1.55 bits per heavy atom. The van der Waals surface area contributed by atoms with Gasteiger partial charge < -0.3 is 19.8 Å². The molecule has 0 bridgehead atoms. The average Bonchev–Trinajstić information content (AvgIpc) is 3.04. The molecule has 0 aromatic carbocycles. The van der Waals surface area contributed by atoms with Gasteiger partial charge in [-0.2, -0.15) is 0 Å². The molecular formula is C14H19N3O3. The molecule has 0 fully saturated rings. The van der Waals surface area contributed by atoms with E-state index in [-0.39, 0.29) is 12.5 Å². The standard InChI is InChI=1S/C14H19N3O3/c1-4-12-15-7-10(17-12)13(18)16-8-14(3,19)11-6-5-9(2)20-11/h5-7,19H,4,8H2,1-3H3,(H,15,17)(H,16,18). The average molecular weight is 277 g/mol. The highest BCUT2D eigenvalue weighted by Gasteiger charge is 2.27. The fraction of sp³-hybridized carbons (Fsp3) is 0.429. The normalized spacial score (nSPS) is 14.0. The lowest BCUT2D eigenvalue weighted by atomic mass is 10.0. The molecule has 2 heterocycles. The highest BCUT2D eigenvalue weighted by atomic mass is 16.4. The molecular weight excluding hydrogens is 258 g/mol. The van der Waals surface area contributed by atoms with E-state index in [1.54, 1.807) is 26.0 Å². The highest BCUT2D eigenvalue weighted by Crippen LogP contribution is 2.21. The first-order valence-electron chi connectivity index (χ1n) is 6.53. The Morgan fingerprint density at radius 3 is 2.85 bits per heavy atom. The van der Waals surface area contributed by atoms with E-state index >= 15 is 0 Å². The maximum atomic E-state index is 11.9. The minimum absolute atomic E-state index is 0.0548. The molecule has 2 aromatic heterocycles. The van der Waals surface area contributed by atoms with Gasteiger partial charge in [0.25, 0.3) is 5.91 Å². The topological polar surface area (TPSA) is 91.2 Å². The molecule has 1 amide bonds. The number of aliphatic hydroxyl groups is 1. The first-order valence-corrected chi connectivity index (χ1v) is 6.53. The number of furan rings is 1. The molecule has 0 aliphatic rings. The molecule has 2 rings (SSSR count). The molecule has 0 saturated heterocycles. The Labute approximate surface area is 117 Å². The van der Waals surface area contributed by atoms with Gasteiger partial charge in [0.1, 0.15) is 28.6 Å². The van der Waals surface area contributed by atoms with Gasteiger partial charge in [0.15, 0.2) is 0 Å². The number of hydrogen-bond acceptors (Lipinski definition) is 4. The lowest BCUT2D eigenvalue weighted by Gasteiger charge is -2.21. The number of carbonyl (C=O) groups excluding carboxylic acids is 1. The van der Waals surface area contributed by atoms with Gasteiger partial charge in [0, 0.05) is 6.42 Å². The Kier molecular flexibility index (Phi) is 3.94. The van der Waals surface area contributed by atoms with Gasteiger partial charge in [-0.15, -0.1) is 0 Å². The predicted octanol–water partition coefficient (Wildman–Crippen LogP) is 1.51. The molecule has 0 radical (unpaired) electrons. The van der Waals surface area contributed by atoms with E-state index in [0.717, 1.165) is 12.2 Å². The van der Waals surface area contributed by atoms with Crippen LogP contribution in [0.25, 0.3) is 0 Å². The van der Waals surface area contributed by atoms with Gasteiger partial charge in [-0.05, 0) is 26.0 Å². The van der Waals surface area contributed by atoms with Crippen LogP contribution in [0.5, 0.6) is 0 Å². The monoisotopic (exact) mass is 277 g/mol. The fourth-order valence-electron chi connectivity index (χ4n) is 1.82. The third-order valence-corrected chi connectivity index (χ3v) is 3.07. The van der Waals surface area contributed by atoms with Crippen LogP contribution in [0.15, 0.2) is 22.7 Å². The Bertz CT molecular complexity index is 598. The smallest absolute Gasteiger partial charge is 0.269 e. The molecule has 6 nitrogen and oxygen atoms in total. The van der Waals surface area contributed by atoms with E-state index < -0.39 is 5.60 Å². The first-order chi connectivity index (χ1) is 9.42.